The molecule has 17 heavy (non-hydrogen) atoms. The molecule has 1 aliphatic rings. The van der Waals surface area contributed by atoms with Crippen LogP contribution in [-0.2, 0) is 0 Å². The molecule has 0 aliphatic heterocycles. The van der Waals surface area contributed by atoms with Crippen molar-refractivity contribution in [1.82, 2.24) is 0 Å². The fourth-order valence-electron chi connectivity index (χ4n) is 2.16. The van der Waals surface area contributed by atoms with E-state index in [0.717, 1.165) is 25.7 Å². The highest BCUT2D eigenvalue weighted by molar-refractivity contribution is 5.09. The molecule has 0 saturated heterocycles. The quantitative estimate of drug-likeness (QED) is 0.689. The van der Waals surface area contributed by atoms with E-state index in [0.29, 0.717) is 0 Å². The van der Waals surface area contributed by atoms with Gasteiger partial charge in [-0.1, -0.05) is 23.8 Å². The molecule has 0 aromatic rings. The highest BCUT2D eigenvalue weighted by Crippen LogP contribution is 2.27. The molecular weight excluding hydrogens is 212 g/mol. The van der Waals surface area contributed by atoms with Crippen molar-refractivity contribution in [2.45, 2.75) is 64.6 Å². The Bertz CT molecular complexity index is 305. The maximum atomic E-state index is 10.2. The van der Waals surface area contributed by atoms with Gasteiger partial charge < -0.3 is 10.2 Å². The first-order valence-corrected chi connectivity index (χ1v) is 6.50. The average molecular weight is 238 g/mol. The molecule has 1 aliphatic carbocycles. The number of allylic oxidation sites excluding steroid dienone is 2. The molecular formula is C15H26O2. The number of hydrogen-bond donors (Lipinski definition) is 2. The fourth-order valence-corrected chi connectivity index (χ4v) is 2.16. The molecule has 0 aromatic heterocycles. The second-order valence-corrected chi connectivity index (χ2v) is 6.12. The van der Waals surface area contributed by atoms with Crippen LogP contribution >= 0.6 is 0 Å². The summed E-state index contributed by atoms with van der Waals surface area (Å²) in [7, 11) is 0. The SMILES string of the molecule is CC1=CCC(C(C)(C)O)C=CC(C)(O)CCC1. The van der Waals surface area contributed by atoms with Crippen molar-refractivity contribution < 1.29 is 10.2 Å². The summed E-state index contributed by atoms with van der Waals surface area (Å²) in [5.74, 6) is 0.0574. The van der Waals surface area contributed by atoms with Gasteiger partial charge in [0, 0.05) is 5.92 Å². The summed E-state index contributed by atoms with van der Waals surface area (Å²) in [6.07, 6.45) is 9.68. The molecule has 98 valence electrons. The lowest BCUT2D eigenvalue weighted by Crippen LogP contribution is -2.30. The van der Waals surface area contributed by atoms with E-state index in [4.69, 9.17) is 0 Å². The Morgan fingerprint density at radius 3 is 2.65 bits per heavy atom. The second kappa shape index (κ2) is 5.36. The van der Waals surface area contributed by atoms with Crippen molar-refractivity contribution in [2.24, 2.45) is 5.92 Å². The van der Waals surface area contributed by atoms with Crippen molar-refractivity contribution in [3.63, 3.8) is 0 Å². The van der Waals surface area contributed by atoms with Gasteiger partial charge >= 0.3 is 0 Å². The smallest absolute Gasteiger partial charge is 0.0799 e. The second-order valence-electron chi connectivity index (χ2n) is 6.12. The maximum Gasteiger partial charge on any atom is 0.0799 e. The summed E-state index contributed by atoms with van der Waals surface area (Å²) in [6, 6.07) is 0. The minimum atomic E-state index is -0.749. The van der Waals surface area contributed by atoms with Gasteiger partial charge in [0.25, 0.3) is 0 Å². The predicted octanol–water partition coefficient (Wildman–Crippen LogP) is 3.20. The lowest BCUT2D eigenvalue weighted by molar-refractivity contribution is 0.0362. The zero-order chi connectivity index (χ0) is 13.1. The van der Waals surface area contributed by atoms with Gasteiger partial charge in [0.2, 0.25) is 0 Å². The number of rotatable bonds is 1. The van der Waals surface area contributed by atoms with Gasteiger partial charge in [-0.05, 0) is 53.4 Å². The topological polar surface area (TPSA) is 40.5 Å². The molecule has 0 heterocycles. The van der Waals surface area contributed by atoms with Crippen LogP contribution in [-0.4, -0.2) is 21.4 Å². The van der Waals surface area contributed by atoms with Crippen molar-refractivity contribution in [2.75, 3.05) is 0 Å². The van der Waals surface area contributed by atoms with Crippen LogP contribution in [0, 0.1) is 5.92 Å². The van der Waals surface area contributed by atoms with E-state index in [1.807, 2.05) is 32.9 Å². The van der Waals surface area contributed by atoms with Crippen molar-refractivity contribution in [3.8, 4) is 0 Å². The summed E-state index contributed by atoms with van der Waals surface area (Å²) in [6.45, 7) is 7.62. The average Bonchev–Trinajstić information content (AvgIpc) is 2.14. The van der Waals surface area contributed by atoms with Gasteiger partial charge in [0.05, 0.1) is 11.2 Å². The highest BCUT2D eigenvalue weighted by Gasteiger charge is 2.25. The van der Waals surface area contributed by atoms with Crippen LogP contribution < -0.4 is 0 Å². The third kappa shape index (κ3) is 5.05. The van der Waals surface area contributed by atoms with E-state index in [2.05, 4.69) is 13.0 Å². The van der Waals surface area contributed by atoms with Gasteiger partial charge in [-0.25, -0.2) is 0 Å². The molecule has 0 fully saturated rings. The van der Waals surface area contributed by atoms with Gasteiger partial charge in [0.15, 0.2) is 0 Å². The zero-order valence-electron chi connectivity index (χ0n) is 11.5. The number of aliphatic hydroxyl groups is 2. The van der Waals surface area contributed by atoms with Crippen LogP contribution in [0.15, 0.2) is 23.8 Å². The summed E-state index contributed by atoms with van der Waals surface area (Å²) in [5, 5.41) is 20.3. The van der Waals surface area contributed by atoms with Gasteiger partial charge in [-0.2, -0.15) is 0 Å². The first-order chi connectivity index (χ1) is 7.71. The van der Waals surface area contributed by atoms with Gasteiger partial charge in [-0.15, -0.1) is 0 Å². The number of hydrogen-bond acceptors (Lipinski definition) is 2. The van der Waals surface area contributed by atoms with Crippen molar-refractivity contribution in [3.05, 3.63) is 23.8 Å². The summed E-state index contributed by atoms with van der Waals surface area (Å²) >= 11 is 0. The minimum absolute atomic E-state index is 0.0574. The summed E-state index contributed by atoms with van der Waals surface area (Å²) in [5.41, 5.74) is -0.144. The fraction of sp³-hybridized carbons (Fsp3) is 0.733. The Kier molecular flexibility index (Phi) is 4.56. The van der Waals surface area contributed by atoms with Crippen LogP contribution in [0.25, 0.3) is 0 Å². The van der Waals surface area contributed by atoms with E-state index in [-0.39, 0.29) is 5.92 Å². The molecule has 2 atom stereocenters. The molecule has 0 bridgehead atoms. The molecule has 2 unspecified atom stereocenters. The minimum Gasteiger partial charge on any atom is -0.390 e. The molecule has 2 heteroatoms. The van der Waals surface area contributed by atoms with E-state index in [1.165, 1.54) is 5.57 Å². The van der Waals surface area contributed by atoms with Crippen molar-refractivity contribution in [1.29, 1.82) is 0 Å². The van der Waals surface area contributed by atoms with Gasteiger partial charge in [-0.3, -0.25) is 0 Å². The normalized spacial score (nSPS) is 32.1. The van der Waals surface area contributed by atoms with Crippen LogP contribution in [0.2, 0.25) is 0 Å². The largest absolute Gasteiger partial charge is 0.390 e. The van der Waals surface area contributed by atoms with E-state index in [1.54, 1.807) is 0 Å². The Morgan fingerprint density at radius 1 is 1.41 bits per heavy atom. The van der Waals surface area contributed by atoms with Crippen LogP contribution in [0.4, 0.5) is 0 Å². The monoisotopic (exact) mass is 238 g/mol. The zero-order valence-corrected chi connectivity index (χ0v) is 11.5. The Labute approximate surface area is 105 Å². The Morgan fingerprint density at radius 2 is 2.06 bits per heavy atom. The van der Waals surface area contributed by atoms with E-state index >= 15 is 0 Å². The Hall–Kier alpha value is -0.600. The molecule has 2 N–H and O–H groups in total. The Balaban J connectivity index is 2.91. The highest BCUT2D eigenvalue weighted by atomic mass is 16.3. The summed E-state index contributed by atoms with van der Waals surface area (Å²) < 4.78 is 0. The molecule has 0 saturated carbocycles. The van der Waals surface area contributed by atoms with E-state index < -0.39 is 11.2 Å². The molecule has 0 amide bonds. The van der Waals surface area contributed by atoms with Crippen LogP contribution in [0.1, 0.15) is 53.4 Å². The molecule has 1 rings (SSSR count). The van der Waals surface area contributed by atoms with E-state index in [9.17, 15) is 10.2 Å². The van der Waals surface area contributed by atoms with Crippen LogP contribution in [0.5, 0.6) is 0 Å². The first-order valence-electron chi connectivity index (χ1n) is 6.50. The molecule has 0 spiro atoms. The third-order valence-corrected chi connectivity index (χ3v) is 3.57. The lowest BCUT2D eigenvalue weighted by atomic mass is 9.84. The third-order valence-electron chi connectivity index (χ3n) is 3.57. The molecule has 2 nitrogen and oxygen atoms in total. The maximum absolute atomic E-state index is 10.2. The standard InChI is InChI=1S/C15H26O2/c1-12-6-5-10-15(4,17)11-9-13(8-7-12)14(2,3)16/h7,9,11,13,16-17H,5-6,8,10H2,1-4H3. The molecule has 0 radical (unpaired) electrons. The van der Waals surface area contributed by atoms with Crippen LogP contribution in [0.3, 0.4) is 0 Å². The molecule has 0 aromatic carbocycles. The first kappa shape index (κ1) is 14.5. The predicted molar refractivity (Wildman–Crippen MR) is 71.8 cm³/mol. The van der Waals surface area contributed by atoms with Crippen molar-refractivity contribution >= 4 is 0 Å². The van der Waals surface area contributed by atoms with Gasteiger partial charge in [0.1, 0.15) is 0 Å². The summed E-state index contributed by atoms with van der Waals surface area (Å²) in [4.78, 5) is 0. The lowest BCUT2D eigenvalue weighted by Gasteiger charge is -2.28.